The highest BCUT2D eigenvalue weighted by Gasteiger charge is 2.22. The molecular formula is C24H26N2O3. The first kappa shape index (κ1) is 19.4. The largest absolute Gasteiger partial charge is 0.490 e. The first-order valence-electron chi connectivity index (χ1n) is 10.0. The number of likely N-dealkylation sites (tertiary alicyclic amines) is 1. The van der Waals surface area contributed by atoms with Crippen molar-refractivity contribution in [3.63, 3.8) is 0 Å². The van der Waals surface area contributed by atoms with Crippen LogP contribution in [-0.4, -0.2) is 42.2 Å². The molecule has 0 bridgehead atoms. The van der Waals surface area contributed by atoms with Crippen LogP contribution >= 0.6 is 0 Å². The lowest BCUT2D eigenvalue weighted by atomic mass is 10.1. The minimum Gasteiger partial charge on any atom is -0.490 e. The first-order chi connectivity index (χ1) is 14.1. The van der Waals surface area contributed by atoms with Crippen LogP contribution < -0.4 is 4.74 Å². The van der Waals surface area contributed by atoms with E-state index in [-0.39, 0.29) is 12.1 Å². The van der Waals surface area contributed by atoms with Crippen LogP contribution in [0.15, 0.2) is 54.6 Å². The summed E-state index contributed by atoms with van der Waals surface area (Å²) in [7, 11) is 1.41. The number of benzene rings is 2. The van der Waals surface area contributed by atoms with Crippen molar-refractivity contribution >= 4 is 16.9 Å². The van der Waals surface area contributed by atoms with E-state index in [1.807, 2.05) is 43.3 Å². The fraction of sp³-hybridized carbons (Fsp3) is 0.333. The highest BCUT2D eigenvalue weighted by atomic mass is 16.5. The van der Waals surface area contributed by atoms with Crippen LogP contribution in [0.3, 0.4) is 0 Å². The number of nitrogens with zero attached hydrogens (tertiary/aromatic N) is 2. The number of fused-ring (bicyclic) bond motifs is 1. The summed E-state index contributed by atoms with van der Waals surface area (Å²) in [5.74, 6) is 0.635. The monoisotopic (exact) mass is 390 g/mol. The van der Waals surface area contributed by atoms with Gasteiger partial charge in [-0.05, 0) is 49.6 Å². The van der Waals surface area contributed by atoms with Crippen molar-refractivity contribution in [2.24, 2.45) is 0 Å². The van der Waals surface area contributed by atoms with Crippen LogP contribution in [0, 0.1) is 6.92 Å². The number of carbonyl (C=O) groups is 1. The Hall–Kier alpha value is -2.92. The molecule has 0 aliphatic carbocycles. The molecule has 0 amide bonds. The molecule has 150 valence electrons. The highest BCUT2D eigenvalue weighted by Crippen LogP contribution is 2.28. The Morgan fingerprint density at radius 2 is 1.90 bits per heavy atom. The molecule has 1 aromatic heterocycles. The fourth-order valence-electron chi connectivity index (χ4n) is 3.90. The first-order valence-corrected chi connectivity index (χ1v) is 10.0. The van der Waals surface area contributed by atoms with Crippen LogP contribution in [-0.2, 0) is 11.3 Å². The third kappa shape index (κ3) is 4.57. The average molecular weight is 390 g/mol. The summed E-state index contributed by atoms with van der Waals surface area (Å²) in [6.07, 6.45) is 2.16. The van der Waals surface area contributed by atoms with Crippen molar-refractivity contribution in [1.82, 2.24) is 9.88 Å². The third-order valence-corrected chi connectivity index (χ3v) is 5.39. The number of methoxy groups -OCH3 is 1. The van der Waals surface area contributed by atoms with Crippen molar-refractivity contribution in [2.45, 2.75) is 32.4 Å². The molecule has 2 heterocycles. The van der Waals surface area contributed by atoms with Crippen LogP contribution in [0.4, 0.5) is 0 Å². The molecule has 0 spiro atoms. The summed E-state index contributed by atoms with van der Waals surface area (Å²) >= 11 is 0. The normalized spacial score (nSPS) is 15.4. The number of pyridine rings is 1. The number of ether oxygens (including phenoxy) is 2. The second-order valence-electron chi connectivity index (χ2n) is 7.56. The summed E-state index contributed by atoms with van der Waals surface area (Å²) < 4.78 is 11.2. The van der Waals surface area contributed by atoms with Gasteiger partial charge < -0.3 is 9.47 Å². The number of rotatable bonds is 5. The number of para-hydroxylation sites is 1. The number of carbonyl (C=O) groups excluding carboxylic acids is 1. The number of aromatic nitrogens is 1. The van der Waals surface area contributed by atoms with Crippen molar-refractivity contribution in [2.75, 3.05) is 20.2 Å². The lowest BCUT2D eigenvalue weighted by molar-refractivity contribution is 0.0600. The second-order valence-corrected chi connectivity index (χ2v) is 7.56. The van der Waals surface area contributed by atoms with Crippen LogP contribution in [0.1, 0.15) is 34.5 Å². The van der Waals surface area contributed by atoms with Crippen LogP contribution in [0.2, 0.25) is 0 Å². The van der Waals surface area contributed by atoms with E-state index in [1.54, 1.807) is 6.07 Å². The lowest BCUT2D eigenvalue weighted by Crippen LogP contribution is -2.37. The van der Waals surface area contributed by atoms with Gasteiger partial charge in [0, 0.05) is 36.8 Å². The maximum Gasteiger partial charge on any atom is 0.337 e. The fourth-order valence-corrected chi connectivity index (χ4v) is 3.90. The standard InChI is InChI=1S/C24H26N2O3/c1-17-14-23(21-8-3-4-9-22(21)25-17)29-20-10-12-26(13-11-20)16-18-6-5-7-19(15-18)24(27)28-2/h3-9,14-15,20H,10-13,16H2,1-2H3. The summed E-state index contributed by atoms with van der Waals surface area (Å²) in [4.78, 5) is 18.7. The van der Waals surface area contributed by atoms with Crippen LogP contribution in [0.5, 0.6) is 5.75 Å². The van der Waals surface area contributed by atoms with E-state index in [2.05, 4.69) is 22.0 Å². The SMILES string of the molecule is COC(=O)c1cccc(CN2CCC(Oc3cc(C)nc4ccccc34)CC2)c1. The van der Waals surface area contributed by atoms with Crippen molar-refractivity contribution in [1.29, 1.82) is 0 Å². The van der Waals surface area contributed by atoms with Gasteiger partial charge in [-0.1, -0.05) is 24.3 Å². The molecule has 0 N–H and O–H groups in total. The number of hydrogen-bond acceptors (Lipinski definition) is 5. The van der Waals surface area contributed by atoms with Gasteiger partial charge in [-0.25, -0.2) is 4.79 Å². The molecule has 3 aromatic rings. The van der Waals surface area contributed by atoms with E-state index < -0.39 is 0 Å². The Bertz CT molecular complexity index is 1010. The van der Waals surface area contributed by atoms with Gasteiger partial charge in [-0.3, -0.25) is 9.88 Å². The van der Waals surface area contributed by atoms with Gasteiger partial charge in [0.05, 0.1) is 18.2 Å². The summed E-state index contributed by atoms with van der Waals surface area (Å²) in [5.41, 5.74) is 3.68. The molecule has 2 aromatic carbocycles. The Kier molecular flexibility index (Phi) is 5.76. The third-order valence-electron chi connectivity index (χ3n) is 5.39. The summed E-state index contributed by atoms with van der Waals surface area (Å²) in [5, 5.41) is 1.07. The van der Waals surface area contributed by atoms with E-state index in [9.17, 15) is 4.79 Å². The van der Waals surface area contributed by atoms with E-state index in [0.717, 1.165) is 60.4 Å². The summed E-state index contributed by atoms with van der Waals surface area (Å²) in [6, 6.07) is 17.8. The van der Waals surface area contributed by atoms with E-state index >= 15 is 0 Å². The maximum atomic E-state index is 11.7. The maximum absolute atomic E-state index is 11.7. The van der Waals surface area contributed by atoms with Gasteiger partial charge in [-0.2, -0.15) is 0 Å². The van der Waals surface area contributed by atoms with Gasteiger partial charge in [-0.15, -0.1) is 0 Å². The Balaban J connectivity index is 1.38. The van der Waals surface area contributed by atoms with Crippen LogP contribution in [0.25, 0.3) is 10.9 Å². The van der Waals surface area contributed by atoms with Gasteiger partial charge in [0.1, 0.15) is 11.9 Å². The van der Waals surface area contributed by atoms with Crippen molar-refractivity contribution < 1.29 is 14.3 Å². The Morgan fingerprint density at radius 1 is 1.10 bits per heavy atom. The van der Waals surface area contributed by atoms with Gasteiger partial charge in [0.15, 0.2) is 0 Å². The quantitative estimate of drug-likeness (QED) is 0.606. The van der Waals surface area contributed by atoms with E-state index in [4.69, 9.17) is 9.47 Å². The predicted molar refractivity (Wildman–Crippen MR) is 113 cm³/mol. The highest BCUT2D eigenvalue weighted by molar-refractivity contribution is 5.89. The molecular weight excluding hydrogens is 364 g/mol. The molecule has 1 fully saturated rings. The number of hydrogen-bond donors (Lipinski definition) is 0. The molecule has 0 unspecified atom stereocenters. The van der Waals surface area contributed by atoms with Gasteiger partial charge in [0.2, 0.25) is 0 Å². The molecule has 0 saturated carbocycles. The van der Waals surface area contributed by atoms with Gasteiger partial charge in [0.25, 0.3) is 0 Å². The minimum absolute atomic E-state index is 0.206. The molecule has 1 aliphatic rings. The van der Waals surface area contributed by atoms with E-state index in [0.29, 0.717) is 5.56 Å². The molecule has 1 saturated heterocycles. The Morgan fingerprint density at radius 3 is 2.69 bits per heavy atom. The predicted octanol–water partition coefficient (Wildman–Crippen LogP) is 4.37. The molecule has 5 nitrogen and oxygen atoms in total. The lowest BCUT2D eigenvalue weighted by Gasteiger charge is -2.32. The topological polar surface area (TPSA) is 51.7 Å². The Labute approximate surface area is 171 Å². The second kappa shape index (κ2) is 8.62. The average Bonchev–Trinajstić information content (AvgIpc) is 2.74. The zero-order valence-electron chi connectivity index (χ0n) is 16.9. The number of piperidine rings is 1. The zero-order chi connectivity index (χ0) is 20.2. The minimum atomic E-state index is -0.293. The molecule has 0 atom stereocenters. The van der Waals surface area contributed by atoms with E-state index in [1.165, 1.54) is 7.11 Å². The number of aryl methyl sites for hydroxylation is 1. The number of esters is 1. The molecule has 5 heteroatoms. The molecule has 4 rings (SSSR count). The smallest absolute Gasteiger partial charge is 0.337 e. The van der Waals surface area contributed by atoms with Gasteiger partial charge >= 0.3 is 5.97 Å². The van der Waals surface area contributed by atoms with Crippen molar-refractivity contribution in [3.8, 4) is 5.75 Å². The zero-order valence-corrected chi connectivity index (χ0v) is 16.9. The molecule has 0 radical (unpaired) electrons. The summed E-state index contributed by atoms with van der Waals surface area (Å²) in [6.45, 7) is 4.77. The van der Waals surface area contributed by atoms with Crippen molar-refractivity contribution in [3.05, 3.63) is 71.4 Å². The molecule has 29 heavy (non-hydrogen) atoms. The molecule has 1 aliphatic heterocycles.